The Balaban J connectivity index is 1.28. The van der Waals surface area contributed by atoms with Gasteiger partial charge in [-0.05, 0) is 53.1 Å². The van der Waals surface area contributed by atoms with Gasteiger partial charge in [-0.15, -0.1) is 0 Å². The largest absolute Gasteiger partial charge is 0.490 e. The Kier molecular flexibility index (Phi) is 7.60. The number of nitrogens with zero attached hydrogens (tertiary/aromatic N) is 1. The molecule has 0 aromatic heterocycles. The Morgan fingerprint density at radius 3 is 2.03 bits per heavy atom. The zero-order valence-corrected chi connectivity index (χ0v) is 19.6. The first-order valence-electron chi connectivity index (χ1n) is 11.5. The maximum atomic E-state index is 12.8. The smallest absolute Gasteiger partial charge is 0.253 e. The number of hydrogen-bond donors (Lipinski definition) is 1. The lowest BCUT2D eigenvalue weighted by Crippen LogP contribution is -2.41. The molecule has 1 heterocycles. The summed E-state index contributed by atoms with van der Waals surface area (Å²) in [5, 5.41) is 2.71. The first-order chi connectivity index (χ1) is 16.5. The van der Waals surface area contributed by atoms with Crippen molar-refractivity contribution in [3.05, 3.63) is 83.9 Å². The number of carbonyl (C=O) groups excluding carboxylic acids is 2. The van der Waals surface area contributed by atoms with E-state index in [1.165, 1.54) is 6.92 Å². The molecule has 6 heteroatoms. The summed E-state index contributed by atoms with van der Waals surface area (Å²) in [5.41, 5.74) is 4.76. The van der Waals surface area contributed by atoms with E-state index >= 15 is 0 Å². The molecule has 1 fully saturated rings. The third-order valence-electron chi connectivity index (χ3n) is 5.94. The highest BCUT2D eigenvalue weighted by molar-refractivity contribution is 5.95. The van der Waals surface area contributed by atoms with Gasteiger partial charge in [-0.25, -0.2) is 0 Å². The van der Waals surface area contributed by atoms with E-state index < -0.39 is 0 Å². The van der Waals surface area contributed by atoms with Crippen LogP contribution in [0, 0.1) is 0 Å². The minimum Gasteiger partial charge on any atom is -0.490 e. The van der Waals surface area contributed by atoms with Crippen LogP contribution in [0.4, 0.5) is 5.69 Å². The third kappa shape index (κ3) is 6.02. The van der Waals surface area contributed by atoms with E-state index in [4.69, 9.17) is 9.47 Å². The highest BCUT2D eigenvalue weighted by Gasteiger charge is 2.24. The van der Waals surface area contributed by atoms with E-state index in [1.807, 2.05) is 17.0 Å². The molecule has 34 heavy (non-hydrogen) atoms. The SMILES string of the molecule is COCc1ccc(-c2ccc(OC3CCN(C(=O)c4ccc(NC(C)=O)cc4)CC3)cc2)cc1. The molecule has 1 saturated heterocycles. The molecule has 1 aliphatic heterocycles. The van der Waals surface area contributed by atoms with Crippen LogP contribution in [-0.4, -0.2) is 43.0 Å². The molecular weight excluding hydrogens is 428 g/mol. The molecule has 3 aromatic rings. The zero-order valence-electron chi connectivity index (χ0n) is 19.6. The molecule has 0 radical (unpaired) electrons. The lowest BCUT2D eigenvalue weighted by Gasteiger charge is -2.32. The van der Waals surface area contributed by atoms with E-state index in [2.05, 4.69) is 41.7 Å². The maximum absolute atomic E-state index is 12.8. The Bertz CT molecular complexity index is 1100. The minimum atomic E-state index is -0.132. The number of ether oxygens (including phenoxy) is 2. The monoisotopic (exact) mass is 458 g/mol. The van der Waals surface area contributed by atoms with Gasteiger partial charge in [0.25, 0.3) is 5.91 Å². The number of piperidine rings is 1. The number of hydrogen-bond acceptors (Lipinski definition) is 4. The zero-order chi connectivity index (χ0) is 23.9. The molecule has 0 atom stereocenters. The number of anilines is 1. The summed E-state index contributed by atoms with van der Waals surface area (Å²) in [7, 11) is 1.70. The van der Waals surface area contributed by atoms with Gasteiger partial charge in [-0.3, -0.25) is 9.59 Å². The second kappa shape index (κ2) is 11.0. The number of methoxy groups -OCH3 is 1. The van der Waals surface area contributed by atoms with Gasteiger partial charge in [0.2, 0.25) is 5.91 Å². The molecule has 0 saturated carbocycles. The van der Waals surface area contributed by atoms with Gasteiger partial charge in [0.1, 0.15) is 11.9 Å². The maximum Gasteiger partial charge on any atom is 0.253 e. The Hall–Kier alpha value is -3.64. The quantitative estimate of drug-likeness (QED) is 0.532. The minimum absolute atomic E-state index is 0.00805. The summed E-state index contributed by atoms with van der Waals surface area (Å²) in [6.45, 7) is 3.38. The first kappa shape index (κ1) is 23.5. The van der Waals surface area contributed by atoms with Crippen molar-refractivity contribution in [3.8, 4) is 16.9 Å². The molecule has 0 spiro atoms. The van der Waals surface area contributed by atoms with Gasteiger partial charge >= 0.3 is 0 Å². The van der Waals surface area contributed by atoms with Crippen LogP contribution in [0.2, 0.25) is 0 Å². The molecule has 4 rings (SSSR count). The van der Waals surface area contributed by atoms with Crippen molar-refractivity contribution < 1.29 is 19.1 Å². The summed E-state index contributed by atoms with van der Waals surface area (Å²) in [6, 6.07) is 23.5. The van der Waals surface area contributed by atoms with Crippen molar-refractivity contribution in [1.29, 1.82) is 0 Å². The summed E-state index contributed by atoms with van der Waals surface area (Å²) in [4.78, 5) is 25.8. The lowest BCUT2D eigenvalue weighted by molar-refractivity contribution is -0.114. The van der Waals surface area contributed by atoms with Crippen molar-refractivity contribution in [2.45, 2.75) is 32.5 Å². The number of benzene rings is 3. The fourth-order valence-corrected chi connectivity index (χ4v) is 4.14. The van der Waals surface area contributed by atoms with Crippen LogP contribution in [0.3, 0.4) is 0 Å². The van der Waals surface area contributed by atoms with E-state index in [0.29, 0.717) is 30.9 Å². The van der Waals surface area contributed by atoms with Crippen molar-refractivity contribution in [3.63, 3.8) is 0 Å². The predicted octanol–water partition coefficient (Wildman–Crippen LogP) is 5.14. The van der Waals surface area contributed by atoms with Crippen LogP contribution in [0.1, 0.15) is 35.7 Å². The van der Waals surface area contributed by atoms with E-state index in [9.17, 15) is 9.59 Å². The number of likely N-dealkylation sites (tertiary alicyclic amines) is 1. The third-order valence-corrected chi connectivity index (χ3v) is 5.94. The van der Waals surface area contributed by atoms with Gasteiger partial charge in [0.15, 0.2) is 0 Å². The van der Waals surface area contributed by atoms with Gasteiger partial charge in [0.05, 0.1) is 6.61 Å². The average Bonchev–Trinajstić information content (AvgIpc) is 2.85. The lowest BCUT2D eigenvalue weighted by atomic mass is 10.0. The fraction of sp³-hybridized carbons (Fsp3) is 0.286. The van der Waals surface area contributed by atoms with Gasteiger partial charge in [-0.2, -0.15) is 0 Å². The summed E-state index contributed by atoms with van der Waals surface area (Å²) >= 11 is 0. The molecule has 0 unspecified atom stereocenters. The Morgan fingerprint density at radius 2 is 1.47 bits per heavy atom. The Labute approximate surface area is 200 Å². The fourth-order valence-electron chi connectivity index (χ4n) is 4.14. The van der Waals surface area contributed by atoms with Crippen molar-refractivity contribution in [2.75, 3.05) is 25.5 Å². The molecule has 176 valence electrons. The van der Waals surface area contributed by atoms with Crippen molar-refractivity contribution >= 4 is 17.5 Å². The molecule has 0 bridgehead atoms. The highest BCUT2D eigenvalue weighted by atomic mass is 16.5. The van der Waals surface area contributed by atoms with Crippen LogP contribution in [0.15, 0.2) is 72.8 Å². The number of amides is 2. The van der Waals surface area contributed by atoms with Crippen molar-refractivity contribution in [2.24, 2.45) is 0 Å². The van der Waals surface area contributed by atoms with E-state index in [0.717, 1.165) is 35.3 Å². The first-order valence-corrected chi connectivity index (χ1v) is 11.5. The molecule has 2 amide bonds. The van der Waals surface area contributed by atoms with Crippen LogP contribution in [0.5, 0.6) is 5.75 Å². The summed E-state index contributed by atoms with van der Waals surface area (Å²) in [5.74, 6) is 0.721. The second-order valence-electron chi connectivity index (χ2n) is 8.52. The van der Waals surface area contributed by atoms with Gasteiger partial charge < -0.3 is 19.7 Å². The number of rotatable bonds is 7. The van der Waals surface area contributed by atoms with Crippen LogP contribution >= 0.6 is 0 Å². The van der Waals surface area contributed by atoms with Crippen LogP contribution < -0.4 is 10.1 Å². The summed E-state index contributed by atoms with van der Waals surface area (Å²) < 4.78 is 11.4. The Morgan fingerprint density at radius 1 is 0.882 bits per heavy atom. The number of nitrogens with one attached hydrogen (secondary N) is 1. The molecular formula is C28H30N2O4. The van der Waals surface area contributed by atoms with E-state index in [-0.39, 0.29) is 17.9 Å². The standard InChI is InChI=1S/C28H30N2O4/c1-20(31)29-25-11-7-24(8-12-25)28(32)30-17-15-27(16-18-30)34-26-13-9-23(10-14-26)22-5-3-21(4-6-22)19-33-2/h3-14,27H,15-19H2,1-2H3,(H,29,31). The highest BCUT2D eigenvalue weighted by Crippen LogP contribution is 2.25. The average molecular weight is 459 g/mol. The summed E-state index contributed by atoms with van der Waals surface area (Å²) in [6.07, 6.45) is 1.67. The molecule has 6 nitrogen and oxygen atoms in total. The topological polar surface area (TPSA) is 67.9 Å². The van der Waals surface area contributed by atoms with Crippen molar-refractivity contribution in [1.82, 2.24) is 4.90 Å². The molecule has 0 aliphatic carbocycles. The number of carbonyl (C=O) groups is 2. The van der Waals surface area contributed by atoms with Gasteiger partial charge in [0, 0.05) is 51.2 Å². The van der Waals surface area contributed by atoms with Crippen LogP contribution in [-0.2, 0) is 16.1 Å². The van der Waals surface area contributed by atoms with Gasteiger partial charge in [-0.1, -0.05) is 36.4 Å². The van der Waals surface area contributed by atoms with E-state index in [1.54, 1.807) is 31.4 Å². The predicted molar refractivity (Wildman–Crippen MR) is 133 cm³/mol. The molecule has 1 aliphatic rings. The molecule has 3 aromatic carbocycles. The van der Waals surface area contributed by atoms with Crippen LogP contribution in [0.25, 0.3) is 11.1 Å². The second-order valence-corrected chi connectivity index (χ2v) is 8.52. The molecule has 1 N–H and O–H groups in total. The normalized spacial score (nSPS) is 14.0.